The maximum Gasteiger partial charge on any atom is 0.411 e. The lowest BCUT2D eigenvalue weighted by Gasteiger charge is -2.05. The average Bonchev–Trinajstić information content (AvgIpc) is 2.21. The van der Waals surface area contributed by atoms with E-state index in [1.807, 2.05) is 6.92 Å². The SMILES string of the molecule is [CH2]OC(=O)Nc1ccc(OCC)cc1. The highest BCUT2D eigenvalue weighted by atomic mass is 16.5. The van der Waals surface area contributed by atoms with Crippen molar-refractivity contribution in [1.29, 1.82) is 0 Å². The van der Waals surface area contributed by atoms with Crippen molar-refractivity contribution in [1.82, 2.24) is 0 Å². The van der Waals surface area contributed by atoms with Gasteiger partial charge in [0.1, 0.15) is 12.9 Å². The van der Waals surface area contributed by atoms with Gasteiger partial charge in [-0.05, 0) is 31.2 Å². The molecule has 1 amide bonds. The molecule has 14 heavy (non-hydrogen) atoms. The van der Waals surface area contributed by atoms with Crippen molar-refractivity contribution in [2.45, 2.75) is 6.92 Å². The van der Waals surface area contributed by atoms with E-state index in [4.69, 9.17) is 4.74 Å². The molecule has 0 fully saturated rings. The summed E-state index contributed by atoms with van der Waals surface area (Å²) < 4.78 is 9.44. The first-order valence-corrected chi connectivity index (χ1v) is 4.22. The molecule has 0 saturated carbocycles. The highest BCUT2D eigenvalue weighted by molar-refractivity contribution is 5.84. The van der Waals surface area contributed by atoms with Gasteiger partial charge in [-0.15, -0.1) is 0 Å². The van der Waals surface area contributed by atoms with Gasteiger partial charge in [0.15, 0.2) is 0 Å². The van der Waals surface area contributed by atoms with E-state index in [-0.39, 0.29) is 0 Å². The van der Waals surface area contributed by atoms with Crippen molar-refractivity contribution in [3.8, 4) is 5.75 Å². The van der Waals surface area contributed by atoms with Crippen LogP contribution < -0.4 is 10.1 Å². The van der Waals surface area contributed by atoms with Crippen molar-refractivity contribution in [2.75, 3.05) is 11.9 Å². The minimum Gasteiger partial charge on any atom is -0.494 e. The van der Waals surface area contributed by atoms with Crippen molar-refractivity contribution in [3.05, 3.63) is 31.4 Å². The van der Waals surface area contributed by atoms with E-state index in [1.54, 1.807) is 24.3 Å². The third kappa shape index (κ3) is 2.97. The van der Waals surface area contributed by atoms with Crippen molar-refractivity contribution >= 4 is 11.8 Å². The summed E-state index contributed by atoms with van der Waals surface area (Å²) in [6.07, 6.45) is -0.589. The van der Waals surface area contributed by atoms with Gasteiger partial charge in [-0.3, -0.25) is 5.32 Å². The first-order valence-electron chi connectivity index (χ1n) is 4.22. The quantitative estimate of drug-likeness (QED) is 0.803. The average molecular weight is 194 g/mol. The zero-order valence-corrected chi connectivity index (χ0v) is 7.95. The molecule has 0 saturated heterocycles. The molecule has 0 aliphatic heterocycles. The van der Waals surface area contributed by atoms with Crippen molar-refractivity contribution < 1.29 is 14.3 Å². The van der Waals surface area contributed by atoms with Crippen LogP contribution in [-0.2, 0) is 4.74 Å². The maximum absolute atomic E-state index is 10.8. The third-order valence-electron chi connectivity index (χ3n) is 1.54. The van der Waals surface area contributed by atoms with E-state index in [9.17, 15) is 4.79 Å². The van der Waals surface area contributed by atoms with Crippen LogP contribution in [0, 0.1) is 7.11 Å². The van der Waals surface area contributed by atoms with Crippen LogP contribution in [0.25, 0.3) is 0 Å². The van der Waals surface area contributed by atoms with E-state index < -0.39 is 6.09 Å². The molecule has 0 heterocycles. The molecule has 1 rings (SSSR count). The van der Waals surface area contributed by atoms with Gasteiger partial charge in [0.2, 0.25) is 0 Å². The second-order valence-corrected chi connectivity index (χ2v) is 2.51. The summed E-state index contributed by atoms with van der Waals surface area (Å²) in [6, 6.07) is 6.98. The Balaban J connectivity index is 2.59. The number of carbonyl (C=O) groups is 1. The number of nitrogens with one attached hydrogen (secondary N) is 1. The van der Waals surface area contributed by atoms with Crippen molar-refractivity contribution in [2.24, 2.45) is 0 Å². The molecule has 0 aliphatic rings. The van der Waals surface area contributed by atoms with Crippen LogP contribution >= 0.6 is 0 Å². The van der Waals surface area contributed by atoms with Crippen LogP contribution in [0.1, 0.15) is 6.92 Å². The number of hydrogen-bond donors (Lipinski definition) is 1. The van der Waals surface area contributed by atoms with Gasteiger partial charge < -0.3 is 9.47 Å². The number of benzene rings is 1. The van der Waals surface area contributed by atoms with Gasteiger partial charge in [-0.25, -0.2) is 4.79 Å². The molecule has 0 spiro atoms. The Kier molecular flexibility index (Phi) is 3.79. The Morgan fingerprint density at radius 3 is 2.57 bits per heavy atom. The molecule has 0 aliphatic carbocycles. The zero-order chi connectivity index (χ0) is 10.4. The molecule has 4 heteroatoms. The van der Waals surface area contributed by atoms with Gasteiger partial charge >= 0.3 is 6.09 Å². The highest BCUT2D eigenvalue weighted by Crippen LogP contribution is 2.15. The molecule has 0 aromatic heterocycles. The van der Waals surface area contributed by atoms with Gasteiger partial charge in [0.05, 0.1) is 6.61 Å². The number of ether oxygens (including phenoxy) is 2. The molecule has 0 unspecified atom stereocenters. The van der Waals surface area contributed by atoms with Crippen LogP contribution in [-0.4, -0.2) is 12.7 Å². The topological polar surface area (TPSA) is 47.6 Å². The second kappa shape index (κ2) is 5.11. The smallest absolute Gasteiger partial charge is 0.411 e. The maximum atomic E-state index is 10.8. The molecule has 1 aromatic carbocycles. The Labute approximate surface area is 82.8 Å². The van der Waals surface area contributed by atoms with Crippen LogP contribution in [0.4, 0.5) is 10.5 Å². The fourth-order valence-electron chi connectivity index (χ4n) is 0.955. The molecular formula is C10H12NO3. The lowest BCUT2D eigenvalue weighted by atomic mass is 10.3. The summed E-state index contributed by atoms with van der Waals surface area (Å²) in [7, 11) is 2.99. The molecule has 4 nitrogen and oxygen atoms in total. The fraction of sp³-hybridized carbons (Fsp3) is 0.200. The van der Waals surface area contributed by atoms with Crippen LogP contribution in [0.3, 0.4) is 0 Å². The number of rotatable bonds is 3. The van der Waals surface area contributed by atoms with Gasteiger partial charge in [0, 0.05) is 5.69 Å². The van der Waals surface area contributed by atoms with E-state index in [0.29, 0.717) is 12.3 Å². The van der Waals surface area contributed by atoms with E-state index in [2.05, 4.69) is 17.2 Å². The highest BCUT2D eigenvalue weighted by Gasteiger charge is 1.99. The molecule has 0 atom stereocenters. The lowest BCUT2D eigenvalue weighted by Crippen LogP contribution is -2.09. The Morgan fingerprint density at radius 2 is 2.07 bits per heavy atom. The molecule has 1 radical (unpaired) electrons. The first-order chi connectivity index (χ1) is 6.76. The Hall–Kier alpha value is -1.71. The third-order valence-corrected chi connectivity index (χ3v) is 1.54. The van der Waals surface area contributed by atoms with Crippen molar-refractivity contribution in [3.63, 3.8) is 0 Å². The van der Waals surface area contributed by atoms with Crippen LogP contribution in [0.5, 0.6) is 5.75 Å². The van der Waals surface area contributed by atoms with Crippen LogP contribution in [0.2, 0.25) is 0 Å². The summed E-state index contributed by atoms with van der Waals surface area (Å²) >= 11 is 0. The normalized spacial score (nSPS) is 9.29. The van der Waals surface area contributed by atoms with Gasteiger partial charge in [-0.2, -0.15) is 0 Å². The predicted octanol–water partition coefficient (Wildman–Crippen LogP) is 2.43. The van der Waals surface area contributed by atoms with Gasteiger partial charge in [-0.1, -0.05) is 0 Å². The van der Waals surface area contributed by atoms with Gasteiger partial charge in [0.25, 0.3) is 0 Å². The Bertz CT molecular complexity index is 295. The molecule has 1 aromatic rings. The largest absolute Gasteiger partial charge is 0.494 e. The summed E-state index contributed by atoms with van der Waals surface area (Å²) in [6.45, 7) is 2.53. The second-order valence-electron chi connectivity index (χ2n) is 2.51. The standard InChI is InChI=1S/C10H12NO3/c1-3-14-9-6-4-8(5-7-9)11-10(12)13-2/h4-7H,2-3H2,1H3,(H,11,12). The fourth-order valence-corrected chi connectivity index (χ4v) is 0.955. The summed E-state index contributed by atoms with van der Waals surface area (Å²) in [5.41, 5.74) is 0.641. The molecule has 75 valence electrons. The minimum absolute atomic E-state index is 0.589. The van der Waals surface area contributed by atoms with E-state index in [0.717, 1.165) is 5.75 Å². The summed E-state index contributed by atoms with van der Waals surface area (Å²) in [5, 5.41) is 2.48. The number of anilines is 1. The molecular weight excluding hydrogens is 182 g/mol. The number of hydrogen-bond acceptors (Lipinski definition) is 3. The Morgan fingerprint density at radius 1 is 1.43 bits per heavy atom. The van der Waals surface area contributed by atoms with Crippen LogP contribution in [0.15, 0.2) is 24.3 Å². The molecule has 1 N–H and O–H groups in total. The minimum atomic E-state index is -0.589. The summed E-state index contributed by atoms with van der Waals surface area (Å²) in [4.78, 5) is 10.8. The predicted molar refractivity (Wildman–Crippen MR) is 53.1 cm³/mol. The summed E-state index contributed by atoms with van der Waals surface area (Å²) in [5.74, 6) is 0.765. The molecule has 0 bridgehead atoms. The monoisotopic (exact) mass is 194 g/mol. The zero-order valence-electron chi connectivity index (χ0n) is 7.95. The number of carbonyl (C=O) groups excluding carboxylic acids is 1. The number of amides is 1. The van der Waals surface area contributed by atoms with E-state index >= 15 is 0 Å². The first kappa shape index (κ1) is 10.4. The van der Waals surface area contributed by atoms with E-state index in [1.165, 1.54) is 0 Å². The lowest BCUT2D eigenvalue weighted by molar-refractivity contribution is 0.199.